The molecule has 10 heteroatoms. The Morgan fingerprint density at radius 2 is 2.06 bits per heavy atom. The standard InChI is InChI=1S/C21H22F2N6OS/c1-27-17-5-7-29(13-2-3-14(23)15(24)8-13)20(30)19(17)31-21(27)16-9-26-18(10-25-16)28-6-4-12(22)11-28/h2-3,8-10,12,21H,4-7,11,24H2,1H3. The van der Waals surface area contributed by atoms with Crippen LogP contribution >= 0.6 is 11.8 Å². The Morgan fingerprint density at radius 3 is 2.74 bits per heavy atom. The van der Waals surface area contributed by atoms with Crippen LogP contribution in [0.4, 0.5) is 26.0 Å². The van der Waals surface area contributed by atoms with Gasteiger partial charge in [-0.25, -0.2) is 13.8 Å². The van der Waals surface area contributed by atoms with E-state index in [1.54, 1.807) is 23.4 Å². The molecule has 31 heavy (non-hydrogen) atoms. The van der Waals surface area contributed by atoms with Crippen LogP contribution in [0.2, 0.25) is 0 Å². The summed E-state index contributed by atoms with van der Waals surface area (Å²) in [6.45, 7) is 1.48. The Labute approximate surface area is 182 Å². The fraction of sp³-hybridized carbons (Fsp3) is 0.381. The number of benzene rings is 1. The van der Waals surface area contributed by atoms with Crippen molar-refractivity contribution in [1.29, 1.82) is 0 Å². The molecule has 5 rings (SSSR count). The van der Waals surface area contributed by atoms with E-state index in [1.807, 2.05) is 11.9 Å². The van der Waals surface area contributed by atoms with Crippen LogP contribution in [0.3, 0.4) is 0 Å². The maximum atomic E-state index is 13.5. The van der Waals surface area contributed by atoms with Crippen molar-refractivity contribution in [3.05, 3.63) is 52.7 Å². The first-order chi connectivity index (χ1) is 14.9. The van der Waals surface area contributed by atoms with Crippen molar-refractivity contribution in [3.8, 4) is 0 Å². The van der Waals surface area contributed by atoms with Crippen molar-refractivity contribution in [3.63, 3.8) is 0 Å². The lowest BCUT2D eigenvalue weighted by atomic mass is 10.1. The van der Waals surface area contributed by atoms with Gasteiger partial charge in [0.1, 0.15) is 23.2 Å². The second-order valence-electron chi connectivity index (χ2n) is 7.90. The van der Waals surface area contributed by atoms with E-state index in [0.717, 1.165) is 11.4 Å². The highest BCUT2D eigenvalue weighted by molar-refractivity contribution is 8.04. The topological polar surface area (TPSA) is 78.6 Å². The van der Waals surface area contributed by atoms with Gasteiger partial charge in [-0.15, -0.1) is 0 Å². The van der Waals surface area contributed by atoms with Crippen LogP contribution in [-0.4, -0.2) is 53.6 Å². The van der Waals surface area contributed by atoms with E-state index in [9.17, 15) is 13.6 Å². The van der Waals surface area contributed by atoms with Crippen molar-refractivity contribution in [1.82, 2.24) is 14.9 Å². The number of nitrogens with two attached hydrogens (primary N) is 1. The minimum atomic E-state index is -0.820. The van der Waals surface area contributed by atoms with Crippen molar-refractivity contribution >= 4 is 34.9 Å². The van der Waals surface area contributed by atoms with Gasteiger partial charge in [0.15, 0.2) is 0 Å². The highest BCUT2D eigenvalue weighted by Crippen LogP contribution is 2.49. The van der Waals surface area contributed by atoms with E-state index in [2.05, 4.69) is 14.9 Å². The largest absolute Gasteiger partial charge is 0.396 e. The van der Waals surface area contributed by atoms with Gasteiger partial charge in [0.05, 0.1) is 35.2 Å². The average Bonchev–Trinajstić information content (AvgIpc) is 3.35. The number of amides is 1. The Hall–Kier alpha value is -2.88. The highest BCUT2D eigenvalue weighted by Gasteiger charge is 2.40. The molecule has 0 radical (unpaired) electrons. The SMILES string of the molecule is CN1C2=C(SC1c1cnc(N3CCC(F)C3)cn1)C(=O)N(c1ccc(F)c(N)c1)CC2. The summed E-state index contributed by atoms with van der Waals surface area (Å²) in [5.41, 5.74) is 8.01. The predicted molar refractivity (Wildman–Crippen MR) is 117 cm³/mol. The molecular formula is C21H22F2N6OS. The first-order valence-electron chi connectivity index (χ1n) is 10.1. The van der Waals surface area contributed by atoms with E-state index >= 15 is 0 Å². The van der Waals surface area contributed by atoms with E-state index in [-0.39, 0.29) is 17.0 Å². The maximum absolute atomic E-state index is 13.5. The van der Waals surface area contributed by atoms with Gasteiger partial charge in [0, 0.05) is 37.9 Å². The molecule has 3 aliphatic heterocycles. The number of halogens is 2. The average molecular weight is 445 g/mol. The summed E-state index contributed by atoms with van der Waals surface area (Å²) in [5.74, 6) is 0.0480. The molecule has 1 saturated heterocycles. The monoisotopic (exact) mass is 444 g/mol. The van der Waals surface area contributed by atoms with Gasteiger partial charge < -0.3 is 20.4 Å². The predicted octanol–water partition coefficient (Wildman–Crippen LogP) is 3.07. The van der Waals surface area contributed by atoms with Gasteiger partial charge in [-0.1, -0.05) is 11.8 Å². The first-order valence-corrected chi connectivity index (χ1v) is 11.0. The molecule has 162 valence electrons. The number of anilines is 3. The smallest absolute Gasteiger partial charge is 0.266 e. The number of nitrogen functional groups attached to an aromatic ring is 1. The van der Waals surface area contributed by atoms with Gasteiger partial charge in [-0.3, -0.25) is 9.78 Å². The lowest BCUT2D eigenvalue weighted by molar-refractivity contribution is -0.114. The fourth-order valence-corrected chi connectivity index (χ4v) is 5.56. The Morgan fingerprint density at radius 1 is 1.23 bits per heavy atom. The number of carbonyl (C=O) groups is 1. The Bertz CT molecular complexity index is 1060. The lowest BCUT2D eigenvalue weighted by Crippen LogP contribution is -2.37. The molecule has 0 saturated carbocycles. The lowest BCUT2D eigenvalue weighted by Gasteiger charge is -2.30. The number of nitrogens with zero attached hydrogens (tertiary/aromatic N) is 5. The minimum absolute atomic E-state index is 0.0200. The van der Waals surface area contributed by atoms with Gasteiger partial charge in [0.25, 0.3) is 5.91 Å². The van der Waals surface area contributed by atoms with Gasteiger partial charge >= 0.3 is 0 Å². The number of alkyl halides is 1. The van der Waals surface area contributed by atoms with E-state index in [4.69, 9.17) is 5.73 Å². The summed E-state index contributed by atoms with van der Waals surface area (Å²) in [5, 5.41) is -0.166. The third-order valence-corrected chi connectivity index (χ3v) is 7.36. The first kappa shape index (κ1) is 20.0. The summed E-state index contributed by atoms with van der Waals surface area (Å²) in [6.07, 6.45) is 3.75. The normalized spacial score (nSPS) is 23.7. The molecule has 0 bridgehead atoms. The van der Waals surface area contributed by atoms with E-state index in [1.165, 1.54) is 23.9 Å². The molecule has 2 aromatic rings. The zero-order valence-corrected chi connectivity index (χ0v) is 17.8. The van der Waals surface area contributed by atoms with Gasteiger partial charge in [-0.2, -0.15) is 0 Å². The molecule has 1 fully saturated rings. The summed E-state index contributed by atoms with van der Waals surface area (Å²) < 4.78 is 27.0. The van der Waals surface area contributed by atoms with Crippen molar-refractivity contribution in [2.75, 3.05) is 42.2 Å². The number of hydrogen-bond donors (Lipinski definition) is 1. The molecule has 4 heterocycles. The molecule has 1 aromatic carbocycles. The molecule has 0 spiro atoms. The van der Waals surface area contributed by atoms with Crippen LogP contribution in [0.15, 0.2) is 41.2 Å². The summed E-state index contributed by atoms with van der Waals surface area (Å²) in [6, 6.07) is 4.34. The number of carbonyl (C=O) groups excluding carboxylic acids is 1. The molecule has 1 aromatic heterocycles. The fourth-order valence-electron chi connectivity index (χ4n) is 4.22. The number of hydrogen-bond acceptors (Lipinski definition) is 7. The molecule has 1 amide bonds. The summed E-state index contributed by atoms with van der Waals surface area (Å²) in [7, 11) is 1.95. The quantitative estimate of drug-likeness (QED) is 0.729. The minimum Gasteiger partial charge on any atom is -0.396 e. The van der Waals surface area contributed by atoms with E-state index in [0.29, 0.717) is 48.9 Å². The molecule has 2 atom stereocenters. The molecular weight excluding hydrogens is 422 g/mol. The zero-order chi connectivity index (χ0) is 21.7. The Balaban J connectivity index is 1.34. The zero-order valence-electron chi connectivity index (χ0n) is 17.0. The van der Waals surface area contributed by atoms with Crippen LogP contribution in [0.25, 0.3) is 0 Å². The third kappa shape index (κ3) is 3.48. The molecule has 3 aliphatic rings. The van der Waals surface area contributed by atoms with Crippen molar-refractivity contribution in [2.24, 2.45) is 0 Å². The molecule has 2 unspecified atom stereocenters. The third-order valence-electron chi connectivity index (χ3n) is 5.94. The Kier molecular flexibility index (Phi) is 4.96. The van der Waals surface area contributed by atoms with E-state index < -0.39 is 12.0 Å². The summed E-state index contributed by atoms with van der Waals surface area (Å²) in [4.78, 5) is 28.5. The van der Waals surface area contributed by atoms with Crippen LogP contribution in [0.1, 0.15) is 23.9 Å². The maximum Gasteiger partial charge on any atom is 0.266 e. The summed E-state index contributed by atoms with van der Waals surface area (Å²) >= 11 is 1.44. The van der Waals surface area contributed by atoms with Crippen molar-refractivity contribution < 1.29 is 13.6 Å². The second kappa shape index (κ2) is 7.67. The number of thioether (sulfide) groups is 1. The van der Waals surface area contributed by atoms with Crippen LogP contribution in [0.5, 0.6) is 0 Å². The van der Waals surface area contributed by atoms with Crippen LogP contribution in [0, 0.1) is 5.82 Å². The van der Waals surface area contributed by atoms with Crippen LogP contribution in [-0.2, 0) is 4.79 Å². The van der Waals surface area contributed by atoms with Gasteiger partial charge in [0.2, 0.25) is 0 Å². The highest BCUT2D eigenvalue weighted by atomic mass is 32.2. The van der Waals surface area contributed by atoms with Crippen LogP contribution < -0.4 is 15.5 Å². The molecule has 0 aliphatic carbocycles. The van der Waals surface area contributed by atoms with Crippen molar-refractivity contribution in [2.45, 2.75) is 24.4 Å². The number of aromatic nitrogens is 2. The molecule has 7 nitrogen and oxygen atoms in total. The second-order valence-corrected chi connectivity index (χ2v) is 8.99. The number of rotatable bonds is 3. The van der Waals surface area contributed by atoms with Gasteiger partial charge in [-0.05, 0) is 24.6 Å². The molecule has 2 N–H and O–H groups in total.